The van der Waals surface area contributed by atoms with Gasteiger partial charge in [0.1, 0.15) is 24.7 Å². The minimum Gasteiger partial charge on any atom is -0.486 e. The van der Waals surface area contributed by atoms with Crippen LogP contribution in [0.1, 0.15) is 18.3 Å². The summed E-state index contributed by atoms with van der Waals surface area (Å²) in [7, 11) is 0. The molecular formula is C24H27N3O2. The van der Waals surface area contributed by atoms with E-state index in [1.54, 1.807) is 17.1 Å². The molecule has 3 rings (SSSR count). The summed E-state index contributed by atoms with van der Waals surface area (Å²) in [6, 6.07) is 15.9. The van der Waals surface area contributed by atoms with E-state index in [-0.39, 0.29) is 19.1 Å². The van der Waals surface area contributed by atoms with Gasteiger partial charge in [0.25, 0.3) is 0 Å². The van der Waals surface area contributed by atoms with Gasteiger partial charge in [-0.15, -0.1) is 13.2 Å². The number of hydrogen-bond donors (Lipinski definition) is 0. The van der Waals surface area contributed by atoms with Gasteiger partial charge < -0.3 is 14.2 Å². The fraction of sp³-hybridized carbons (Fsp3) is 0.250. The molecule has 150 valence electrons. The molecule has 1 heterocycles. The predicted octanol–water partition coefficient (Wildman–Crippen LogP) is 4.38. The Hall–Kier alpha value is -3.34. The number of amides is 1. The number of hydrogen-bond acceptors (Lipinski definition) is 3. The molecule has 0 aliphatic heterocycles. The van der Waals surface area contributed by atoms with Crippen LogP contribution in [0.2, 0.25) is 0 Å². The molecule has 5 nitrogen and oxygen atoms in total. The average molecular weight is 389 g/mol. The number of para-hydroxylation sites is 2. The first-order chi connectivity index (χ1) is 14.2. The molecule has 0 atom stereocenters. The van der Waals surface area contributed by atoms with E-state index in [0.717, 1.165) is 29.0 Å². The summed E-state index contributed by atoms with van der Waals surface area (Å²) in [6.07, 6.45) is 4.43. The third-order valence-electron chi connectivity index (χ3n) is 4.78. The highest BCUT2D eigenvalue weighted by atomic mass is 16.5. The van der Waals surface area contributed by atoms with E-state index in [9.17, 15) is 4.79 Å². The maximum atomic E-state index is 12.9. The molecule has 0 radical (unpaired) electrons. The first-order valence-electron chi connectivity index (χ1n) is 9.81. The van der Waals surface area contributed by atoms with Gasteiger partial charge in [-0.1, -0.05) is 43.3 Å². The molecule has 5 heteroatoms. The minimum atomic E-state index is -0.0125. The molecule has 0 spiro atoms. The van der Waals surface area contributed by atoms with Crippen molar-refractivity contribution in [2.24, 2.45) is 0 Å². The maximum absolute atomic E-state index is 12.9. The molecule has 0 unspecified atom stereocenters. The van der Waals surface area contributed by atoms with Crippen LogP contribution in [0.15, 0.2) is 73.8 Å². The standard InChI is InChI=1S/C24H27N3O2/c1-4-15-26(16-5-2)24(28)17-27-22-10-8-7-9-21(22)25-23(27)18-29-20-13-11-19(6-3)12-14-20/h4-5,7-14H,1-2,6,15-18H2,3H3. The topological polar surface area (TPSA) is 47.4 Å². The zero-order chi connectivity index (χ0) is 20.6. The van der Waals surface area contributed by atoms with Crippen molar-refractivity contribution in [2.75, 3.05) is 13.1 Å². The van der Waals surface area contributed by atoms with Gasteiger partial charge in [-0.25, -0.2) is 4.98 Å². The SMILES string of the molecule is C=CCN(CC=C)C(=O)Cn1c(COc2ccc(CC)cc2)nc2ccccc21. The lowest BCUT2D eigenvalue weighted by atomic mass is 10.2. The molecule has 0 aliphatic carbocycles. The lowest BCUT2D eigenvalue weighted by molar-refractivity contribution is -0.130. The third kappa shape index (κ3) is 4.93. The van der Waals surface area contributed by atoms with Crippen molar-refractivity contribution in [2.45, 2.75) is 26.5 Å². The Morgan fingerprint density at radius 1 is 1.10 bits per heavy atom. The van der Waals surface area contributed by atoms with E-state index >= 15 is 0 Å². The highest BCUT2D eigenvalue weighted by Gasteiger charge is 2.17. The number of nitrogens with zero attached hydrogens (tertiary/aromatic N) is 3. The monoisotopic (exact) mass is 389 g/mol. The van der Waals surface area contributed by atoms with Crippen LogP contribution < -0.4 is 4.74 Å². The number of carbonyl (C=O) groups is 1. The van der Waals surface area contributed by atoms with E-state index < -0.39 is 0 Å². The van der Waals surface area contributed by atoms with E-state index in [2.05, 4.69) is 32.2 Å². The van der Waals surface area contributed by atoms with Gasteiger partial charge in [0.05, 0.1) is 11.0 Å². The Bertz CT molecular complexity index is 979. The molecule has 1 amide bonds. The van der Waals surface area contributed by atoms with Crippen molar-refractivity contribution in [3.63, 3.8) is 0 Å². The van der Waals surface area contributed by atoms with E-state index in [1.807, 2.05) is 41.0 Å². The number of aryl methyl sites for hydroxylation is 1. The molecule has 29 heavy (non-hydrogen) atoms. The summed E-state index contributed by atoms with van der Waals surface area (Å²) in [5.74, 6) is 1.49. The molecule has 0 fully saturated rings. The summed E-state index contributed by atoms with van der Waals surface area (Å²) in [6.45, 7) is 11.0. The highest BCUT2D eigenvalue weighted by molar-refractivity contribution is 5.81. The predicted molar refractivity (Wildman–Crippen MR) is 117 cm³/mol. The van der Waals surface area contributed by atoms with Crippen LogP contribution in [-0.4, -0.2) is 33.4 Å². The Labute approximate surface area is 171 Å². The van der Waals surface area contributed by atoms with Crippen molar-refractivity contribution in [1.82, 2.24) is 14.5 Å². The second-order valence-corrected chi connectivity index (χ2v) is 6.77. The van der Waals surface area contributed by atoms with E-state index in [0.29, 0.717) is 13.1 Å². The first kappa shape index (κ1) is 20.4. The Morgan fingerprint density at radius 3 is 2.45 bits per heavy atom. The van der Waals surface area contributed by atoms with Crippen LogP contribution in [0, 0.1) is 0 Å². The minimum absolute atomic E-state index is 0.0125. The van der Waals surface area contributed by atoms with Gasteiger partial charge in [0.15, 0.2) is 0 Å². The number of ether oxygens (including phenoxy) is 1. The second kappa shape index (κ2) is 9.73. The summed E-state index contributed by atoms with van der Waals surface area (Å²) >= 11 is 0. The van der Waals surface area contributed by atoms with Gasteiger partial charge in [-0.2, -0.15) is 0 Å². The molecule has 0 bridgehead atoms. The molecule has 0 saturated carbocycles. The smallest absolute Gasteiger partial charge is 0.243 e. The largest absolute Gasteiger partial charge is 0.486 e. The Kier molecular flexibility index (Phi) is 6.85. The number of aromatic nitrogens is 2. The lowest BCUT2D eigenvalue weighted by Gasteiger charge is -2.20. The van der Waals surface area contributed by atoms with Crippen LogP contribution in [0.5, 0.6) is 5.75 Å². The first-order valence-corrected chi connectivity index (χ1v) is 9.81. The number of fused-ring (bicyclic) bond motifs is 1. The summed E-state index contributed by atoms with van der Waals surface area (Å²) in [5, 5.41) is 0. The van der Waals surface area contributed by atoms with Gasteiger partial charge in [-0.05, 0) is 36.2 Å². The molecular weight excluding hydrogens is 362 g/mol. The van der Waals surface area contributed by atoms with Crippen LogP contribution in [0.25, 0.3) is 11.0 Å². The van der Waals surface area contributed by atoms with E-state index in [4.69, 9.17) is 9.72 Å². The summed E-state index contributed by atoms with van der Waals surface area (Å²) < 4.78 is 7.89. The molecule has 2 aromatic carbocycles. The fourth-order valence-corrected chi connectivity index (χ4v) is 3.21. The molecule has 0 N–H and O–H groups in total. The molecule has 0 aliphatic rings. The Balaban J connectivity index is 1.84. The fourth-order valence-electron chi connectivity index (χ4n) is 3.21. The quantitative estimate of drug-likeness (QED) is 0.484. The number of rotatable bonds is 10. The van der Waals surface area contributed by atoms with Crippen LogP contribution in [0.4, 0.5) is 0 Å². The maximum Gasteiger partial charge on any atom is 0.243 e. The van der Waals surface area contributed by atoms with E-state index in [1.165, 1.54) is 5.56 Å². The average Bonchev–Trinajstić information content (AvgIpc) is 3.10. The summed E-state index contributed by atoms with van der Waals surface area (Å²) in [4.78, 5) is 19.3. The molecule has 0 saturated heterocycles. The highest BCUT2D eigenvalue weighted by Crippen LogP contribution is 2.19. The third-order valence-corrected chi connectivity index (χ3v) is 4.78. The van der Waals surface area contributed by atoms with Crippen molar-refractivity contribution in [3.05, 3.63) is 85.2 Å². The summed E-state index contributed by atoms with van der Waals surface area (Å²) in [5.41, 5.74) is 3.02. The number of imidazole rings is 1. The van der Waals surface area contributed by atoms with Gasteiger partial charge >= 0.3 is 0 Å². The van der Waals surface area contributed by atoms with Crippen molar-refractivity contribution in [1.29, 1.82) is 0 Å². The van der Waals surface area contributed by atoms with Crippen LogP contribution in [0.3, 0.4) is 0 Å². The van der Waals surface area contributed by atoms with Crippen molar-refractivity contribution < 1.29 is 9.53 Å². The molecule has 3 aromatic rings. The number of carbonyl (C=O) groups excluding carboxylic acids is 1. The van der Waals surface area contributed by atoms with Crippen molar-refractivity contribution >= 4 is 16.9 Å². The zero-order valence-electron chi connectivity index (χ0n) is 16.9. The second-order valence-electron chi connectivity index (χ2n) is 6.77. The normalized spacial score (nSPS) is 10.7. The Morgan fingerprint density at radius 2 is 1.79 bits per heavy atom. The van der Waals surface area contributed by atoms with Crippen molar-refractivity contribution in [3.8, 4) is 5.75 Å². The zero-order valence-corrected chi connectivity index (χ0v) is 16.9. The van der Waals surface area contributed by atoms with Crippen LogP contribution in [-0.2, 0) is 24.4 Å². The lowest BCUT2D eigenvalue weighted by Crippen LogP contribution is -2.34. The van der Waals surface area contributed by atoms with Crippen LogP contribution >= 0.6 is 0 Å². The van der Waals surface area contributed by atoms with Gasteiger partial charge in [-0.3, -0.25) is 4.79 Å². The number of benzene rings is 2. The molecule has 1 aromatic heterocycles. The van der Waals surface area contributed by atoms with Gasteiger partial charge in [0.2, 0.25) is 5.91 Å². The van der Waals surface area contributed by atoms with Gasteiger partial charge in [0, 0.05) is 13.1 Å².